The van der Waals surface area contributed by atoms with Gasteiger partial charge in [-0.2, -0.15) is 0 Å². The van der Waals surface area contributed by atoms with E-state index in [-0.39, 0.29) is 35.4 Å². The van der Waals surface area contributed by atoms with Gasteiger partial charge in [0, 0.05) is 12.5 Å². The van der Waals surface area contributed by atoms with Crippen LogP contribution in [-0.4, -0.2) is 44.6 Å². The molecule has 0 aromatic rings. The van der Waals surface area contributed by atoms with E-state index < -0.39 is 25.1 Å². The third-order valence-electron chi connectivity index (χ3n) is 3.21. The zero-order valence-electron chi connectivity index (χ0n) is 10.8. The molecule has 0 saturated carbocycles. The number of hydrogen-bond acceptors (Lipinski definition) is 5. The van der Waals surface area contributed by atoms with Gasteiger partial charge in [-0.05, 0) is 19.3 Å². The van der Waals surface area contributed by atoms with Crippen LogP contribution in [0.15, 0.2) is 0 Å². The highest BCUT2D eigenvalue weighted by molar-refractivity contribution is 7.92. The molecule has 112 valence electrons. The summed E-state index contributed by atoms with van der Waals surface area (Å²) in [5.41, 5.74) is 5.42. The van der Waals surface area contributed by atoms with Crippen molar-refractivity contribution < 1.29 is 16.8 Å². The molecule has 1 aliphatic rings. The van der Waals surface area contributed by atoms with Gasteiger partial charge in [-0.15, -0.1) is 0 Å². The van der Waals surface area contributed by atoms with E-state index in [4.69, 9.17) is 18.0 Å². The van der Waals surface area contributed by atoms with E-state index in [1.165, 1.54) is 0 Å². The third kappa shape index (κ3) is 5.33. The normalized spacial score (nSPS) is 21.9. The minimum absolute atomic E-state index is 0.0648. The molecule has 19 heavy (non-hydrogen) atoms. The standard InChI is InChI=1S/C10H20N2O4S3/c1-2-8(7-10(11)17)12-19(15,16)9-3-5-18(13,14)6-4-9/h8-9,12H,2-7H2,1H3,(H2,11,17). The van der Waals surface area contributed by atoms with Gasteiger partial charge in [-0.25, -0.2) is 21.6 Å². The fraction of sp³-hybridized carbons (Fsp3) is 0.900. The number of sulfone groups is 1. The molecule has 0 spiro atoms. The molecule has 1 rings (SSSR count). The summed E-state index contributed by atoms with van der Waals surface area (Å²) in [6.45, 7) is 1.84. The van der Waals surface area contributed by atoms with Gasteiger partial charge >= 0.3 is 0 Å². The lowest BCUT2D eigenvalue weighted by Gasteiger charge is -2.25. The van der Waals surface area contributed by atoms with Gasteiger partial charge in [0.05, 0.1) is 21.7 Å². The predicted octanol–water partition coefficient (Wildman–Crippen LogP) is -0.0622. The number of hydrogen-bond donors (Lipinski definition) is 2. The Labute approximate surface area is 120 Å². The monoisotopic (exact) mass is 328 g/mol. The van der Waals surface area contributed by atoms with E-state index in [1.54, 1.807) is 0 Å². The molecular weight excluding hydrogens is 308 g/mol. The lowest BCUT2D eigenvalue weighted by Crippen LogP contribution is -2.45. The number of rotatable bonds is 6. The molecule has 1 fully saturated rings. The van der Waals surface area contributed by atoms with Gasteiger partial charge in [0.1, 0.15) is 9.84 Å². The van der Waals surface area contributed by atoms with Gasteiger partial charge in [-0.3, -0.25) is 0 Å². The van der Waals surface area contributed by atoms with Gasteiger partial charge in [0.15, 0.2) is 0 Å². The van der Waals surface area contributed by atoms with Crippen molar-refractivity contribution in [1.82, 2.24) is 4.72 Å². The van der Waals surface area contributed by atoms with Gasteiger partial charge in [0.25, 0.3) is 0 Å². The van der Waals surface area contributed by atoms with E-state index in [0.29, 0.717) is 12.8 Å². The summed E-state index contributed by atoms with van der Waals surface area (Å²) >= 11 is 4.78. The van der Waals surface area contributed by atoms with Crippen LogP contribution in [0.3, 0.4) is 0 Å². The first kappa shape index (κ1) is 16.8. The molecule has 0 aromatic heterocycles. The van der Waals surface area contributed by atoms with Gasteiger partial charge in [0.2, 0.25) is 10.0 Å². The SMILES string of the molecule is CCC(CC(N)=S)NS(=O)(=O)C1CCS(=O)(=O)CC1. The highest BCUT2D eigenvalue weighted by Gasteiger charge is 2.33. The molecule has 0 amide bonds. The first-order valence-corrected chi connectivity index (χ1v) is 9.93. The molecule has 0 aromatic carbocycles. The summed E-state index contributed by atoms with van der Waals surface area (Å²) in [5, 5.41) is -0.642. The Balaban J connectivity index is 2.68. The van der Waals surface area contributed by atoms with Crippen molar-refractivity contribution in [2.75, 3.05) is 11.5 Å². The quantitative estimate of drug-likeness (QED) is 0.662. The molecular formula is C10H20N2O4S3. The largest absolute Gasteiger partial charge is 0.393 e. The zero-order chi connectivity index (χ0) is 14.7. The van der Waals surface area contributed by atoms with Crippen molar-refractivity contribution in [3.63, 3.8) is 0 Å². The molecule has 6 nitrogen and oxygen atoms in total. The van der Waals surface area contributed by atoms with Crippen LogP contribution in [0.2, 0.25) is 0 Å². The fourth-order valence-corrected chi connectivity index (χ4v) is 5.77. The minimum atomic E-state index is -3.52. The third-order valence-corrected chi connectivity index (χ3v) is 7.10. The Morgan fingerprint density at radius 2 is 1.95 bits per heavy atom. The smallest absolute Gasteiger partial charge is 0.214 e. The number of nitrogens with two attached hydrogens (primary N) is 1. The van der Waals surface area contributed by atoms with Crippen molar-refractivity contribution in [1.29, 1.82) is 0 Å². The van der Waals surface area contributed by atoms with Crippen molar-refractivity contribution in [2.24, 2.45) is 5.73 Å². The lowest BCUT2D eigenvalue weighted by atomic mass is 10.2. The second-order valence-electron chi connectivity index (χ2n) is 4.79. The fourth-order valence-electron chi connectivity index (χ4n) is 2.02. The molecule has 1 heterocycles. The first-order valence-electron chi connectivity index (χ1n) is 6.16. The average Bonchev–Trinajstić information content (AvgIpc) is 2.26. The highest BCUT2D eigenvalue weighted by atomic mass is 32.2. The van der Waals surface area contributed by atoms with Crippen LogP contribution in [0.25, 0.3) is 0 Å². The maximum Gasteiger partial charge on any atom is 0.214 e. The molecule has 0 radical (unpaired) electrons. The maximum absolute atomic E-state index is 12.2. The van der Waals surface area contributed by atoms with Crippen molar-refractivity contribution in [2.45, 2.75) is 43.9 Å². The Kier molecular flexibility index (Phi) is 5.72. The topological polar surface area (TPSA) is 106 Å². The minimum Gasteiger partial charge on any atom is -0.393 e. The summed E-state index contributed by atoms with van der Waals surface area (Å²) in [5.74, 6) is -0.130. The Morgan fingerprint density at radius 1 is 1.42 bits per heavy atom. The highest BCUT2D eigenvalue weighted by Crippen LogP contribution is 2.19. The molecule has 3 N–H and O–H groups in total. The van der Waals surface area contributed by atoms with Crippen LogP contribution in [0, 0.1) is 0 Å². The van der Waals surface area contributed by atoms with Crippen LogP contribution < -0.4 is 10.5 Å². The summed E-state index contributed by atoms with van der Waals surface area (Å²) in [6, 6.07) is -0.318. The van der Waals surface area contributed by atoms with Crippen LogP contribution in [0.4, 0.5) is 0 Å². The molecule has 1 aliphatic heterocycles. The van der Waals surface area contributed by atoms with Crippen molar-refractivity contribution in [3.05, 3.63) is 0 Å². The summed E-state index contributed by atoms with van der Waals surface area (Å²) in [6.07, 6.45) is 1.21. The van der Waals surface area contributed by atoms with Gasteiger partial charge in [-0.1, -0.05) is 19.1 Å². The Hall–Kier alpha value is -0.250. The van der Waals surface area contributed by atoms with E-state index in [2.05, 4.69) is 4.72 Å². The van der Waals surface area contributed by atoms with E-state index in [0.717, 1.165) is 0 Å². The van der Waals surface area contributed by atoms with E-state index in [1.807, 2.05) is 6.92 Å². The van der Waals surface area contributed by atoms with Crippen LogP contribution in [-0.2, 0) is 19.9 Å². The summed E-state index contributed by atoms with van der Waals surface area (Å²) in [4.78, 5) is 0.265. The molecule has 0 aliphatic carbocycles. The zero-order valence-corrected chi connectivity index (χ0v) is 13.3. The van der Waals surface area contributed by atoms with Crippen LogP contribution in [0.1, 0.15) is 32.6 Å². The van der Waals surface area contributed by atoms with Crippen molar-refractivity contribution >= 4 is 37.1 Å². The molecule has 1 unspecified atom stereocenters. The second-order valence-corrected chi connectivity index (χ2v) is 9.61. The van der Waals surface area contributed by atoms with E-state index in [9.17, 15) is 16.8 Å². The summed E-state index contributed by atoms with van der Waals surface area (Å²) in [7, 11) is -6.58. The second kappa shape index (κ2) is 6.47. The first-order chi connectivity index (χ1) is 8.66. The number of sulfonamides is 1. The number of nitrogens with one attached hydrogen (secondary N) is 1. The molecule has 1 atom stereocenters. The summed E-state index contributed by atoms with van der Waals surface area (Å²) < 4.78 is 49.5. The molecule has 1 saturated heterocycles. The molecule has 0 bridgehead atoms. The Bertz CT molecular complexity index is 513. The number of thiocarbonyl (C=S) groups is 1. The van der Waals surface area contributed by atoms with Crippen molar-refractivity contribution in [3.8, 4) is 0 Å². The predicted molar refractivity (Wildman–Crippen MR) is 79.2 cm³/mol. The average molecular weight is 328 g/mol. The Morgan fingerprint density at radius 3 is 2.37 bits per heavy atom. The van der Waals surface area contributed by atoms with E-state index >= 15 is 0 Å². The molecule has 9 heteroatoms. The maximum atomic E-state index is 12.2. The van der Waals surface area contributed by atoms with Crippen LogP contribution >= 0.6 is 12.2 Å². The van der Waals surface area contributed by atoms with Crippen LogP contribution in [0.5, 0.6) is 0 Å². The lowest BCUT2D eigenvalue weighted by molar-refractivity contribution is 0.520. The van der Waals surface area contributed by atoms with Gasteiger partial charge < -0.3 is 5.73 Å².